The monoisotopic (exact) mass is 506 g/mol. The molecule has 5 rings (SSSR count). The Morgan fingerprint density at radius 1 is 1.03 bits per heavy atom. The quantitative estimate of drug-likeness (QED) is 0.644. The van der Waals surface area contributed by atoms with Gasteiger partial charge in [-0.15, -0.1) is 0 Å². The summed E-state index contributed by atoms with van der Waals surface area (Å²) in [5.74, 6) is 1.89. The molecule has 2 aliphatic heterocycles. The van der Waals surface area contributed by atoms with Gasteiger partial charge in [-0.1, -0.05) is 6.07 Å². The molecular formula is C29H42N6O2. The van der Waals surface area contributed by atoms with Gasteiger partial charge in [0, 0.05) is 63.1 Å². The molecule has 2 amide bonds. The van der Waals surface area contributed by atoms with E-state index in [4.69, 9.17) is 10.1 Å². The molecule has 200 valence electrons. The number of rotatable bonds is 6. The standard InChI is InChI=1S/C29H42N6O2/c1-20-18-21(2)28(30-19-20)33-13-8-23(9-14-33)10-17-35-26-7-5-4-6-25(26)27(32-35)29(37)34-15-11-24(12-16-34)31-22(3)36/h18-19,23-24H,4-17H2,1-3H3,(H,31,36). The van der Waals surface area contributed by atoms with Gasteiger partial charge in [0.25, 0.3) is 5.91 Å². The summed E-state index contributed by atoms with van der Waals surface area (Å²) in [7, 11) is 0. The second-order valence-corrected chi connectivity index (χ2v) is 11.3. The number of hydrogen-bond acceptors (Lipinski definition) is 5. The predicted octanol–water partition coefficient (Wildman–Crippen LogP) is 3.82. The number of nitrogens with one attached hydrogen (secondary N) is 1. The fraction of sp³-hybridized carbons (Fsp3) is 0.655. The van der Waals surface area contributed by atoms with E-state index >= 15 is 0 Å². The molecule has 0 saturated carbocycles. The van der Waals surface area contributed by atoms with Gasteiger partial charge in [-0.2, -0.15) is 5.10 Å². The van der Waals surface area contributed by atoms with Crippen molar-refractivity contribution in [3.8, 4) is 0 Å². The molecule has 2 saturated heterocycles. The lowest BCUT2D eigenvalue weighted by atomic mass is 9.92. The summed E-state index contributed by atoms with van der Waals surface area (Å²) < 4.78 is 2.17. The Bertz CT molecular complexity index is 1130. The van der Waals surface area contributed by atoms with Gasteiger partial charge in [-0.3, -0.25) is 14.3 Å². The molecule has 2 fully saturated rings. The molecule has 8 heteroatoms. The van der Waals surface area contributed by atoms with Crippen LogP contribution in [0.15, 0.2) is 12.3 Å². The lowest BCUT2D eigenvalue weighted by molar-refractivity contribution is -0.119. The highest BCUT2D eigenvalue weighted by Gasteiger charge is 2.31. The summed E-state index contributed by atoms with van der Waals surface area (Å²) in [6.07, 6.45) is 11.3. The van der Waals surface area contributed by atoms with Crippen LogP contribution in [0.4, 0.5) is 5.82 Å². The minimum Gasteiger partial charge on any atom is -0.356 e. The number of pyridine rings is 1. The number of piperidine rings is 2. The van der Waals surface area contributed by atoms with Crippen molar-refractivity contribution in [2.24, 2.45) is 5.92 Å². The summed E-state index contributed by atoms with van der Waals surface area (Å²) >= 11 is 0. The Kier molecular flexibility index (Phi) is 7.81. The number of aromatic nitrogens is 3. The number of anilines is 1. The first-order valence-electron chi connectivity index (χ1n) is 14.2. The molecule has 37 heavy (non-hydrogen) atoms. The molecular weight excluding hydrogens is 464 g/mol. The van der Waals surface area contributed by atoms with E-state index in [2.05, 4.69) is 34.8 Å². The summed E-state index contributed by atoms with van der Waals surface area (Å²) in [6, 6.07) is 2.39. The first-order valence-corrected chi connectivity index (χ1v) is 14.2. The van der Waals surface area contributed by atoms with Crippen LogP contribution in [-0.2, 0) is 24.2 Å². The molecule has 0 bridgehead atoms. The highest BCUT2D eigenvalue weighted by Crippen LogP contribution is 2.29. The third-order valence-corrected chi connectivity index (χ3v) is 8.50. The summed E-state index contributed by atoms with van der Waals surface area (Å²) in [5.41, 5.74) is 5.64. The van der Waals surface area contributed by atoms with Crippen molar-refractivity contribution in [1.82, 2.24) is 25.0 Å². The van der Waals surface area contributed by atoms with E-state index in [1.54, 1.807) is 6.92 Å². The predicted molar refractivity (Wildman–Crippen MR) is 145 cm³/mol. The van der Waals surface area contributed by atoms with Gasteiger partial charge in [0.1, 0.15) is 5.82 Å². The molecule has 0 spiro atoms. The van der Waals surface area contributed by atoms with Crippen LogP contribution in [-0.4, -0.2) is 63.7 Å². The van der Waals surface area contributed by atoms with E-state index in [0.717, 1.165) is 64.0 Å². The number of hydrogen-bond donors (Lipinski definition) is 1. The maximum atomic E-state index is 13.5. The first-order chi connectivity index (χ1) is 17.9. The van der Waals surface area contributed by atoms with Gasteiger partial charge < -0.3 is 15.1 Å². The summed E-state index contributed by atoms with van der Waals surface area (Å²) in [5, 5.41) is 7.93. The fourth-order valence-corrected chi connectivity index (χ4v) is 6.47. The molecule has 8 nitrogen and oxygen atoms in total. The van der Waals surface area contributed by atoms with Crippen molar-refractivity contribution in [3.63, 3.8) is 0 Å². The lowest BCUT2D eigenvalue weighted by Gasteiger charge is -2.33. The number of fused-ring (bicyclic) bond motifs is 1. The Balaban J connectivity index is 1.19. The maximum absolute atomic E-state index is 13.5. The van der Waals surface area contributed by atoms with E-state index in [1.807, 2.05) is 11.1 Å². The van der Waals surface area contributed by atoms with E-state index in [1.165, 1.54) is 41.6 Å². The summed E-state index contributed by atoms with van der Waals surface area (Å²) in [4.78, 5) is 34.0. The Morgan fingerprint density at radius 2 is 1.76 bits per heavy atom. The zero-order chi connectivity index (χ0) is 25.9. The van der Waals surface area contributed by atoms with Crippen molar-refractivity contribution < 1.29 is 9.59 Å². The van der Waals surface area contributed by atoms with Crippen molar-refractivity contribution in [1.29, 1.82) is 0 Å². The summed E-state index contributed by atoms with van der Waals surface area (Å²) in [6.45, 7) is 10.2. The fourth-order valence-electron chi connectivity index (χ4n) is 6.47. The van der Waals surface area contributed by atoms with Crippen molar-refractivity contribution >= 4 is 17.6 Å². The van der Waals surface area contributed by atoms with Crippen LogP contribution >= 0.6 is 0 Å². The number of nitrogens with zero attached hydrogens (tertiary/aromatic N) is 5. The number of carbonyl (C=O) groups is 2. The lowest BCUT2D eigenvalue weighted by Crippen LogP contribution is -2.46. The van der Waals surface area contributed by atoms with Crippen LogP contribution in [0.25, 0.3) is 0 Å². The van der Waals surface area contributed by atoms with E-state index in [-0.39, 0.29) is 17.9 Å². The minimum absolute atomic E-state index is 0.00481. The molecule has 3 aliphatic rings. The Morgan fingerprint density at radius 3 is 2.46 bits per heavy atom. The van der Waals surface area contributed by atoms with Crippen LogP contribution < -0.4 is 10.2 Å². The van der Waals surface area contributed by atoms with Gasteiger partial charge in [0.05, 0.1) is 0 Å². The molecule has 1 aliphatic carbocycles. The van der Waals surface area contributed by atoms with E-state index in [0.29, 0.717) is 24.7 Å². The van der Waals surface area contributed by atoms with Gasteiger partial charge in [0.15, 0.2) is 5.69 Å². The van der Waals surface area contributed by atoms with Crippen LogP contribution in [0.5, 0.6) is 0 Å². The number of carbonyl (C=O) groups excluding carboxylic acids is 2. The van der Waals surface area contributed by atoms with Gasteiger partial charge in [-0.05, 0) is 88.7 Å². The van der Waals surface area contributed by atoms with Crippen molar-refractivity contribution in [2.75, 3.05) is 31.1 Å². The van der Waals surface area contributed by atoms with Gasteiger partial charge >= 0.3 is 0 Å². The molecule has 2 aromatic rings. The molecule has 0 aromatic carbocycles. The number of aryl methyl sites for hydroxylation is 3. The molecule has 4 heterocycles. The molecule has 2 aromatic heterocycles. The molecule has 1 N–H and O–H groups in total. The van der Waals surface area contributed by atoms with E-state index in [9.17, 15) is 9.59 Å². The van der Waals surface area contributed by atoms with Crippen molar-refractivity contribution in [2.45, 2.75) is 91.1 Å². The smallest absolute Gasteiger partial charge is 0.274 e. The topological polar surface area (TPSA) is 83.4 Å². The molecule has 0 unspecified atom stereocenters. The average molecular weight is 507 g/mol. The van der Waals surface area contributed by atoms with Gasteiger partial charge in [-0.25, -0.2) is 4.98 Å². The molecule has 0 radical (unpaired) electrons. The highest BCUT2D eigenvalue weighted by molar-refractivity contribution is 5.94. The highest BCUT2D eigenvalue weighted by atomic mass is 16.2. The average Bonchev–Trinajstić information content (AvgIpc) is 3.26. The maximum Gasteiger partial charge on any atom is 0.274 e. The Labute approximate surface area is 220 Å². The second-order valence-electron chi connectivity index (χ2n) is 11.3. The van der Waals surface area contributed by atoms with Gasteiger partial charge in [0.2, 0.25) is 5.91 Å². The minimum atomic E-state index is 0.00481. The normalized spacial score (nSPS) is 19.1. The second kappa shape index (κ2) is 11.2. The van der Waals surface area contributed by atoms with Crippen LogP contribution in [0.2, 0.25) is 0 Å². The third kappa shape index (κ3) is 5.83. The van der Waals surface area contributed by atoms with Crippen molar-refractivity contribution in [3.05, 3.63) is 40.3 Å². The first kappa shape index (κ1) is 25.7. The van der Waals surface area contributed by atoms with Crippen LogP contribution in [0, 0.1) is 19.8 Å². The SMILES string of the molecule is CC(=O)NC1CCN(C(=O)c2nn(CCC3CCN(c4ncc(C)cc4C)CC3)c3c2CCCC3)CC1. The number of amides is 2. The molecule has 0 atom stereocenters. The Hall–Kier alpha value is -2.90. The zero-order valence-corrected chi connectivity index (χ0v) is 22.8. The largest absolute Gasteiger partial charge is 0.356 e. The van der Waals surface area contributed by atoms with Crippen LogP contribution in [0.3, 0.4) is 0 Å². The van der Waals surface area contributed by atoms with Crippen LogP contribution in [0.1, 0.15) is 84.7 Å². The third-order valence-electron chi connectivity index (χ3n) is 8.50. The van der Waals surface area contributed by atoms with E-state index < -0.39 is 0 Å². The number of likely N-dealkylation sites (tertiary alicyclic amines) is 1. The zero-order valence-electron chi connectivity index (χ0n) is 22.8.